The van der Waals surface area contributed by atoms with Crippen molar-refractivity contribution in [3.8, 4) is 0 Å². The molecule has 4 heteroatoms. The average Bonchev–Trinajstić information content (AvgIpc) is 3.18. The highest BCUT2D eigenvalue weighted by atomic mass is 31.1. The molecule has 1 nitrogen and oxygen atoms in total. The van der Waals surface area contributed by atoms with Crippen LogP contribution in [-0.2, 0) is 12.6 Å². The molecule has 1 aliphatic carbocycles. The van der Waals surface area contributed by atoms with E-state index in [0.717, 1.165) is 67.1 Å². The summed E-state index contributed by atoms with van der Waals surface area (Å²) in [5, 5.41) is 0.0844. The fourth-order valence-corrected chi connectivity index (χ4v) is 8.89. The first-order chi connectivity index (χ1) is 17.8. The van der Waals surface area contributed by atoms with Crippen LogP contribution in [0.15, 0.2) is 96.6 Å². The van der Waals surface area contributed by atoms with Gasteiger partial charge in [-0.1, -0.05) is 90.4 Å². The molecular weight excluding hydrogens is 479 g/mol. The van der Waals surface area contributed by atoms with Crippen LogP contribution in [-0.4, -0.2) is 29.3 Å². The fraction of sp³-hybridized carbons (Fsp3) is 0.333. The molecule has 37 heavy (non-hydrogen) atoms. The van der Waals surface area contributed by atoms with Crippen LogP contribution in [0.4, 0.5) is 8.78 Å². The molecule has 2 heterocycles. The van der Waals surface area contributed by atoms with Crippen LogP contribution in [0.3, 0.4) is 0 Å². The van der Waals surface area contributed by atoms with Gasteiger partial charge in [-0.25, -0.2) is 8.78 Å². The second-order valence-corrected chi connectivity index (χ2v) is 13.0. The van der Waals surface area contributed by atoms with Gasteiger partial charge in [-0.15, -0.1) is 0 Å². The van der Waals surface area contributed by atoms with Crippen molar-refractivity contribution in [2.45, 2.75) is 51.4 Å². The fourth-order valence-electron chi connectivity index (χ4n) is 5.73. The SMILES string of the molecule is C=CC1=C(Cc2ccc(F)cc2)C=C2CCP(Cc3cccc(F)c3C(=C)N3CC(=C)C3)C2(C)C1.CC. The second kappa shape index (κ2) is 11.3. The van der Waals surface area contributed by atoms with E-state index in [-0.39, 0.29) is 24.7 Å². The molecule has 2 fully saturated rings. The highest BCUT2D eigenvalue weighted by Crippen LogP contribution is 2.66. The van der Waals surface area contributed by atoms with Gasteiger partial charge in [0.1, 0.15) is 11.6 Å². The van der Waals surface area contributed by atoms with Crippen molar-refractivity contribution in [1.82, 2.24) is 4.90 Å². The number of allylic oxidation sites excluding steroid dienone is 5. The summed E-state index contributed by atoms with van der Waals surface area (Å²) < 4.78 is 28.4. The second-order valence-electron chi connectivity index (χ2n) is 10.2. The largest absolute Gasteiger partial charge is 0.363 e. The number of halogens is 2. The molecule has 3 aliphatic rings. The number of likely N-dealkylation sites (tertiary alicyclic amines) is 1. The van der Waals surface area contributed by atoms with Crippen LogP contribution in [0.1, 0.15) is 50.3 Å². The summed E-state index contributed by atoms with van der Waals surface area (Å²) in [6.45, 7) is 20.3. The van der Waals surface area contributed by atoms with E-state index < -0.39 is 0 Å². The van der Waals surface area contributed by atoms with Crippen LogP contribution >= 0.6 is 7.92 Å². The van der Waals surface area contributed by atoms with Gasteiger partial charge in [-0.3, -0.25) is 0 Å². The maximum atomic E-state index is 15.1. The van der Waals surface area contributed by atoms with Crippen LogP contribution in [0.25, 0.3) is 5.70 Å². The zero-order valence-corrected chi connectivity index (χ0v) is 23.3. The average molecular weight is 518 g/mol. The maximum Gasteiger partial charge on any atom is 0.132 e. The Labute approximate surface area is 222 Å². The van der Waals surface area contributed by atoms with Crippen molar-refractivity contribution in [1.29, 1.82) is 0 Å². The normalized spacial score (nSPS) is 22.5. The number of hydrogen-bond acceptors (Lipinski definition) is 1. The van der Waals surface area contributed by atoms with Crippen LogP contribution in [0.2, 0.25) is 0 Å². The van der Waals surface area contributed by atoms with Crippen molar-refractivity contribution in [2.24, 2.45) is 0 Å². The summed E-state index contributed by atoms with van der Waals surface area (Å²) in [6, 6.07) is 12.2. The third-order valence-corrected chi connectivity index (χ3v) is 11.2. The van der Waals surface area contributed by atoms with Gasteiger partial charge < -0.3 is 4.90 Å². The van der Waals surface area contributed by atoms with Crippen molar-refractivity contribution in [2.75, 3.05) is 19.3 Å². The van der Waals surface area contributed by atoms with Crippen molar-refractivity contribution >= 4 is 13.6 Å². The summed E-state index contributed by atoms with van der Waals surface area (Å²) in [5.41, 5.74) is 8.86. The van der Waals surface area contributed by atoms with E-state index in [4.69, 9.17) is 0 Å². The highest BCUT2D eigenvalue weighted by Gasteiger charge is 2.44. The number of benzene rings is 2. The van der Waals surface area contributed by atoms with Crippen LogP contribution in [0.5, 0.6) is 0 Å². The number of rotatable bonds is 7. The van der Waals surface area contributed by atoms with Crippen LogP contribution in [0, 0.1) is 11.6 Å². The Morgan fingerprint density at radius 2 is 1.81 bits per heavy atom. The molecule has 2 aromatic carbocycles. The molecular formula is C33H38F2NP. The van der Waals surface area contributed by atoms with Gasteiger partial charge in [0.25, 0.3) is 0 Å². The molecule has 2 atom stereocenters. The van der Waals surface area contributed by atoms with Crippen LogP contribution < -0.4 is 0 Å². The molecule has 0 N–H and O–H groups in total. The minimum Gasteiger partial charge on any atom is -0.363 e. The first-order valence-electron chi connectivity index (χ1n) is 13.2. The Morgan fingerprint density at radius 3 is 2.46 bits per heavy atom. The van der Waals surface area contributed by atoms with E-state index in [2.05, 4.69) is 43.7 Å². The molecule has 0 radical (unpaired) electrons. The quantitative estimate of drug-likeness (QED) is 0.262. The zero-order valence-electron chi connectivity index (χ0n) is 22.4. The van der Waals surface area contributed by atoms with E-state index >= 15 is 4.39 Å². The van der Waals surface area contributed by atoms with Gasteiger partial charge in [0.2, 0.25) is 0 Å². The smallest absolute Gasteiger partial charge is 0.132 e. The molecule has 2 saturated heterocycles. The van der Waals surface area contributed by atoms with Gasteiger partial charge in [0, 0.05) is 29.5 Å². The molecule has 0 amide bonds. The lowest BCUT2D eigenvalue weighted by Gasteiger charge is -2.39. The molecule has 0 saturated carbocycles. The summed E-state index contributed by atoms with van der Waals surface area (Å²) in [5.74, 6) is -0.391. The van der Waals surface area contributed by atoms with Crippen molar-refractivity contribution in [3.05, 3.63) is 125 Å². The molecule has 0 bridgehead atoms. The number of nitrogens with zero attached hydrogens (tertiary/aromatic N) is 1. The van der Waals surface area contributed by atoms with E-state index in [9.17, 15) is 4.39 Å². The van der Waals surface area contributed by atoms with Crippen molar-refractivity contribution < 1.29 is 8.78 Å². The summed E-state index contributed by atoms with van der Waals surface area (Å²) in [4.78, 5) is 2.11. The van der Waals surface area contributed by atoms with E-state index in [1.807, 2.05) is 38.1 Å². The standard InChI is InChI=1S/C31H32F2NP.C2H6/c1-5-24-17-31(4)27(16-26(24)15-23-9-11-28(32)12-10-23)13-14-35(31)20-25-7-6-8-29(33)30(25)22(3)34-18-21(2)19-34;1-2/h5-12,16H,1-3,13-15,17-20H2,4H3;1-2H3. The lowest BCUT2D eigenvalue weighted by molar-refractivity contribution is 0.372. The molecule has 0 aromatic heterocycles. The first kappa shape index (κ1) is 27.3. The van der Waals surface area contributed by atoms with Gasteiger partial charge in [-0.05, 0) is 77.6 Å². The molecule has 0 spiro atoms. The Morgan fingerprint density at radius 1 is 1.11 bits per heavy atom. The van der Waals surface area contributed by atoms with E-state index in [1.54, 1.807) is 6.07 Å². The van der Waals surface area contributed by atoms with Gasteiger partial charge in [-0.2, -0.15) is 0 Å². The third kappa shape index (κ3) is 5.43. The Bertz CT molecular complexity index is 1260. The molecule has 5 rings (SSSR count). The minimum absolute atomic E-state index is 0.0844. The number of fused-ring (bicyclic) bond motifs is 1. The Balaban J connectivity index is 0.00000156. The predicted molar refractivity (Wildman–Crippen MR) is 156 cm³/mol. The maximum absolute atomic E-state index is 15.1. The molecule has 2 unspecified atom stereocenters. The van der Waals surface area contributed by atoms with Gasteiger partial charge >= 0.3 is 0 Å². The topological polar surface area (TPSA) is 3.24 Å². The van der Waals surface area contributed by atoms with E-state index in [1.165, 1.54) is 28.9 Å². The number of hydrogen-bond donors (Lipinski definition) is 0. The van der Waals surface area contributed by atoms with E-state index in [0.29, 0.717) is 5.56 Å². The first-order valence-corrected chi connectivity index (χ1v) is 14.9. The van der Waals surface area contributed by atoms with Gasteiger partial charge in [0.15, 0.2) is 0 Å². The molecule has 194 valence electrons. The van der Waals surface area contributed by atoms with Gasteiger partial charge in [0.05, 0.1) is 0 Å². The highest BCUT2D eigenvalue weighted by molar-refractivity contribution is 7.59. The lowest BCUT2D eigenvalue weighted by Crippen LogP contribution is -2.38. The zero-order chi connectivity index (χ0) is 26.7. The summed E-state index contributed by atoms with van der Waals surface area (Å²) >= 11 is 0. The summed E-state index contributed by atoms with van der Waals surface area (Å²) in [7, 11) is -0.387. The van der Waals surface area contributed by atoms with Crippen molar-refractivity contribution in [3.63, 3.8) is 0 Å². The Hall–Kier alpha value is -2.77. The predicted octanol–water partition coefficient (Wildman–Crippen LogP) is 9.03. The lowest BCUT2D eigenvalue weighted by atomic mass is 9.81. The monoisotopic (exact) mass is 517 g/mol. The molecule has 2 aliphatic heterocycles. The third-order valence-electron chi connectivity index (χ3n) is 7.85. The molecule has 2 aromatic rings. The Kier molecular flexibility index (Phi) is 8.34. The minimum atomic E-state index is -0.387. The summed E-state index contributed by atoms with van der Waals surface area (Å²) in [6.07, 6.45) is 9.24.